The summed E-state index contributed by atoms with van der Waals surface area (Å²) in [6.45, 7) is 0. The lowest BCUT2D eigenvalue weighted by atomic mass is 10.1. The lowest BCUT2D eigenvalue weighted by Crippen LogP contribution is -1.95. The van der Waals surface area contributed by atoms with Crippen molar-refractivity contribution in [2.24, 2.45) is 0 Å². The quantitative estimate of drug-likeness (QED) is 0.607. The van der Waals surface area contributed by atoms with E-state index in [4.69, 9.17) is 9.79 Å². The third-order valence-corrected chi connectivity index (χ3v) is 4.60. The smallest absolute Gasteiger partial charge is 0.508 e. The fraction of sp³-hybridized carbons (Fsp3) is 0. The molecule has 0 fully saturated rings. The van der Waals surface area contributed by atoms with Crippen molar-refractivity contribution in [2.45, 2.75) is 0 Å². The zero-order chi connectivity index (χ0) is 16.4. The van der Waals surface area contributed by atoms with Crippen LogP contribution in [0.4, 0.5) is 0 Å². The molecule has 0 saturated heterocycles. The Bertz CT molecular complexity index is 735. The standard InChI is InChI=1S/C12H12O8P2/c13-11-5-1-9(2-6-11)10-3-7-12(8-4-10)19-22(17,18)20-21(14,15)16/h1-8,13H,(H,17,18)(H2,14,15,16). The maximum atomic E-state index is 11.4. The summed E-state index contributed by atoms with van der Waals surface area (Å²) in [5.74, 6) is 0.0290. The van der Waals surface area contributed by atoms with Gasteiger partial charge in [-0.15, -0.1) is 0 Å². The van der Waals surface area contributed by atoms with Gasteiger partial charge in [0.05, 0.1) is 0 Å². The fourth-order valence-corrected chi connectivity index (χ4v) is 3.24. The summed E-state index contributed by atoms with van der Waals surface area (Å²) < 4.78 is 30.2. The molecule has 22 heavy (non-hydrogen) atoms. The van der Waals surface area contributed by atoms with E-state index in [2.05, 4.69) is 8.83 Å². The van der Waals surface area contributed by atoms with E-state index in [1.807, 2.05) is 0 Å². The van der Waals surface area contributed by atoms with Crippen molar-refractivity contribution in [1.82, 2.24) is 0 Å². The first-order valence-electron chi connectivity index (χ1n) is 5.83. The molecule has 10 heteroatoms. The normalized spacial score (nSPS) is 14.3. The SMILES string of the molecule is O=P(O)(O)OP(=O)(O)Oc1ccc(-c2ccc(O)cc2)cc1. The molecule has 2 aromatic carbocycles. The van der Waals surface area contributed by atoms with E-state index < -0.39 is 15.6 Å². The van der Waals surface area contributed by atoms with E-state index in [0.29, 0.717) is 0 Å². The largest absolute Gasteiger partial charge is 0.536 e. The van der Waals surface area contributed by atoms with Crippen LogP contribution in [0, 0.1) is 0 Å². The van der Waals surface area contributed by atoms with Crippen molar-refractivity contribution in [1.29, 1.82) is 0 Å². The highest BCUT2D eigenvalue weighted by Crippen LogP contribution is 2.57. The van der Waals surface area contributed by atoms with Crippen LogP contribution in [0.1, 0.15) is 0 Å². The summed E-state index contributed by atoms with van der Waals surface area (Å²) in [6, 6.07) is 12.2. The van der Waals surface area contributed by atoms with Crippen molar-refractivity contribution in [3.63, 3.8) is 0 Å². The summed E-state index contributed by atoms with van der Waals surface area (Å²) in [5.41, 5.74) is 1.54. The summed E-state index contributed by atoms with van der Waals surface area (Å²) in [7, 11) is -10.1. The van der Waals surface area contributed by atoms with Gasteiger partial charge in [-0.05, 0) is 35.4 Å². The first kappa shape index (κ1) is 16.7. The summed E-state index contributed by atoms with van der Waals surface area (Å²) in [6.07, 6.45) is 0. The molecular formula is C12H12O8P2. The Balaban J connectivity index is 2.14. The average Bonchev–Trinajstić information content (AvgIpc) is 2.37. The molecular weight excluding hydrogens is 334 g/mol. The molecule has 0 saturated carbocycles. The number of hydrogen-bond donors (Lipinski definition) is 4. The molecule has 0 bridgehead atoms. The number of hydrogen-bond acceptors (Lipinski definition) is 5. The van der Waals surface area contributed by atoms with Gasteiger partial charge in [-0.25, -0.2) is 9.13 Å². The van der Waals surface area contributed by atoms with E-state index in [0.717, 1.165) is 11.1 Å². The minimum atomic E-state index is -5.15. The fourth-order valence-electron chi connectivity index (χ4n) is 1.65. The molecule has 0 aliphatic heterocycles. The van der Waals surface area contributed by atoms with Crippen LogP contribution in [-0.2, 0) is 13.4 Å². The molecule has 4 N–H and O–H groups in total. The molecule has 8 nitrogen and oxygen atoms in total. The second kappa shape index (κ2) is 6.22. The second-order valence-electron chi connectivity index (χ2n) is 4.20. The summed E-state index contributed by atoms with van der Waals surface area (Å²) in [4.78, 5) is 26.2. The van der Waals surface area contributed by atoms with E-state index in [1.54, 1.807) is 24.3 Å². The van der Waals surface area contributed by atoms with Crippen molar-refractivity contribution < 1.29 is 37.8 Å². The minimum absolute atomic E-state index is 0.0955. The number of benzene rings is 2. The van der Waals surface area contributed by atoms with E-state index >= 15 is 0 Å². The van der Waals surface area contributed by atoms with Gasteiger partial charge < -0.3 is 19.4 Å². The number of phenols is 1. The van der Waals surface area contributed by atoms with Crippen LogP contribution >= 0.6 is 15.6 Å². The second-order valence-corrected chi connectivity index (χ2v) is 6.96. The topological polar surface area (TPSA) is 134 Å². The molecule has 0 aromatic heterocycles. The van der Waals surface area contributed by atoms with Crippen LogP contribution in [0.2, 0.25) is 0 Å². The molecule has 118 valence electrons. The van der Waals surface area contributed by atoms with Crippen LogP contribution in [-0.4, -0.2) is 19.8 Å². The zero-order valence-electron chi connectivity index (χ0n) is 10.9. The molecule has 1 atom stereocenters. The molecule has 1 unspecified atom stereocenters. The van der Waals surface area contributed by atoms with Crippen LogP contribution in [0.15, 0.2) is 48.5 Å². The molecule has 0 heterocycles. The predicted molar refractivity (Wildman–Crippen MR) is 77.1 cm³/mol. The van der Waals surface area contributed by atoms with E-state index in [9.17, 15) is 19.1 Å². The molecule has 2 aromatic rings. The van der Waals surface area contributed by atoms with Gasteiger partial charge in [0.1, 0.15) is 11.5 Å². The molecule has 2 rings (SSSR count). The highest BCUT2D eigenvalue weighted by molar-refractivity contribution is 7.60. The highest BCUT2D eigenvalue weighted by Gasteiger charge is 2.33. The number of phenolic OH excluding ortho intramolecular Hbond substituents is 1. The molecule has 0 aliphatic rings. The predicted octanol–water partition coefficient (Wildman–Crippen LogP) is 2.65. The van der Waals surface area contributed by atoms with Crippen LogP contribution < -0.4 is 4.52 Å². The maximum Gasteiger partial charge on any atom is 0.536 e. The van der Waals surface area contributed by atoms with Gasteiger partial charge in [-0.2, -0.15) is 4.31 Å². The third-order valence-electron chi connectivity index (χ3n) is 2.49. The van der Waals surface area contributed by atoms with E-state index in [1.165, 1.54) is 24.3 Å². The summed E-state index contributed by atoms with van der Waals surface area (Å²) in [5, 5.41) is 9.21. The number of aromatic hydroxyl groups is 1. The lowest BCUT2D eigenvalue weighted by Gasteiger charge is -2.13. The average molecular weight is 346 g/mol. The van der Waals surface area contributed by atoms with E-state index in [-0.39, 0.29) is 11.5 Å². The monoisotopic (exact) mass is 346 g/mol. The summed E-state index contributed by atoms with van der Waals surface area (Å²) >= 11 is 0. The van der Waals surface area contributed by atoms with Gasteiger partial charge in [0, 0.05) is 0 Å². The van der Waals surface area contributed by atoms with Crippen LogP contribution in [0.5, 0.6) is 11.5 Å². The first-order valence-corrected chi connectivity index (χ1v) is 8.86. The van der Waals surface area contributed by atoms with Gasteiger partial charge in [-0.1, -0.05) is 24.3 Å². The Hall–Kier alpha value is -1.66. The van der Waals surface area contributed by atoms with Gasteiger partial charge >= 0.3 is 15.6 Å². The Kier molecular flexibility index (Phi) is 4.72. The molecule has 0 amide bonds. The third kappa shape index (κ3) is 4.96. The van der Waals surface area contributed by atoms with Gasteiger partial charge in [0.15, 0.2) is 0 Å². The molecule has 0 radical (unpaired) electrons. The van der Waals surface area contributed by atoms with Gasteiger partial charge in [-0.3, -0.25) is 4.89 Å². The number of phosphoric acid groups is 2. The molecule has 0 spiro atoms. The van der Waals surface area contributed by atoms with Crippen molar-refractivity contribution in [2.75, 3.05) is 0 Å². The zero-order valence-corrected chi connectivity index (χ0v) is 12.7. The van der Waals surface area contributed by atoms with Crippen molar-refractivity contribution in [3.8, 4) is 22.6 Å². The van der Waals surface area contributed by atoms with Gasteiger partial charge in [0.2, 0.25) is 0 Å². The maximum absolute atomic E-state index is 11.4. The van der Waals surface area contributed by atoms with Crippen LogP contribution in [0.3, 0.4) is 0 Å². The Morgan fingerprint density at radius 1 is 0.773 bits per heavy atom. The van der Waals surface area contributed by atoms with Crippen LogP contribution in [0.25, 0.3) is 11.1 Å². The van der Waals surface area contributed by atoms with Gasteiger partial charge in [0.25, 0.3) is 0 Å². The molecule has 0 aliphatic carbocycles. The Morgan fingerprint density at radius 3 is 1.68 bits per heavy atom. The minimum Gasteiger partial charge on any atom is -0.508 e. The first-order chi connectivity index (χ1) is 10.1. The Labute approximate surface area is 125 Å². The number of rotatable bonds is 5. The van der Waals surface area contributed by atoms with Crippen molar-refractivity contribution >= 4 is 15.6 Å². The Morgan fingerprint density at radius 2 is 1.23 bits per heavy atom. The van der Waals surface area contributed by atoms with Crippen molar-refractivity contribution in [3.05, 3.63) is 48.5 Å². The number of phosphoric ester groups is 1. The highest BCUT2D eigenvalue weighted by atomic mass is 31.3. The lowest BCUT2D eigenvalue weighted by molar-refractivity contribution is 0.229.